The number of aryl methyl sites for hydroxylation is 3. The van der Waals surface area contributed by atoms with Crippen LogP contribution >= 0.6 is 11.8 Å². The Morgan fingerprint density at radius 3 is 2.47 bits per heavy atom. The molecule has 0 saturated heterocycles. The van der Waals surface area contributed by atoms with Crippen molar-refractivity contribution in [2.45, 2.75) is 25.2 Å². The maximum Gasteiger partial charge on any atom is 0.00720 e. The average molecular weight is 242 g/mol. The van der Waals surface area contributed by atoms with E-state index in [-0.39, 0.29) is 0 Å². The largest absolute Gasteiger partial charge is 0.126 e. The van der Waals surface area contributed by atoms with Crippen LogP contribution in [0.5, 0.6) is 0 Å². The highest BCUT2D eigenvalue weighted by atomic mass is 32.2. The fraction of sp³-hybridized carbons (Fsp3) is 0.250. The molecule has 0 fully saturated rings. The zero-order valence-corrected chi connectivity index (χ0v) is 11.3. The highest BCUT2D eigenvalue weighted by molar-refractivity contribution is 7.99. The molecule has 0 saturated carbocycles. The Morgan fingerprint density at radius 1 is 0.941 bits per heavy atom. The first-order valence-corrected chi connectivity index (χ1v) is 6.98. The molecule has 0 unspecified atom stereocenters. The van der Waals surface area contributed by atoms with E-state index in [4.69, 9.17) is 0 Å². The van der Waals surface area contributed by atoms with Crippen molar-refractivity contribution in [3.05, 3.63) is 65.2 Å². The Morgan fingerprint density at radius 2 is 1.71 bits per heavy atom. The first-order chi connectivity index (χ1) is 8.25. The lowest BCUT2D eigenvalue weighted by Gasteiger charge is -2.07. The minimum Gasteiger partial charge on any atom is -0.126 e. The molecule has 2 rings (SSSR count). The van der Waals surface area contributed by atoms with Crippen molar-refractivity contribution in [2.75, 3.05) is 5.75 Å². The van der Waals surface area contributed by atoms with Crippen molar-refractivity contribution in [2.24, 2.45) is 0 Å². The summed E-state index contributed by atoms with van der Waals surface area (Å²) in [5, 5.41) is 0. The summed E-state index contributed by atoms with van der Waals surface area (Å²) in [5.74, 6) is 1.15. The fourth-order valence-corrected chi connectivity index (χ4v) is 2.77. The molecule has 0 heterocycles. The predicted octanol–water partition coefficient (Wildman–Crippen LogP) is 4.64. The first-order valence-electron chi connectivity index (χ1n) is 6.00. The Kier molecular flexibility index (Phi) is 4.27. The highest BCUT2D eigenvalue weighted by Crippen LogP contribution is 2.20. The van der Waals surface area contributed by atoms with Gasteiger partial charge in [0.1, 0.15) is 0 Å². The van der Waals surface area contributed by atoms with Gasteiger partial charge >= 0.3 is 0 Å². The van der Waals surface area contributed by atoms with E-state index < -0.39 is 0 Å². The summed E-state index contributed by atoms with van der Waals surface area (Å²) < 4.78 is 0. The van der Waals surface area contributed by atoms with Crippen LogP contribution in [0.2, 0.25) is 0 Å². The molecule has 0 nitrogen and oxygen atoms in total. The molecule has 0 amide bonds. The smallest absolute Gasteiger partial charge is 0.00720 e. The molecule has 0 atom stereocenters. The molecule has 0 aliphatic heterocycles. The third-order valence-electron chi connectivity index (χ3n) is 2.89. The average Bonchev–Trinajstić information content (AvgIpc) is 2.35. The van der Waals surface area contributed by atoms with Crippen molar-refractivity contribution in [1.29, 1.82) is 0 Å². The molecule has 88 valence electrons. The van der Waals surface area contributed by atoms with Crippen LogP contribution < -0.4 is 0 Å². The maximum absolute atomic E-state index is 2.31. The van der Waals surface area contributed by atoms with Gasteiger partial charge in [0, 0.05) is 10.6 Å². The monoisotopic (exact) mass is 242 g/mol. The van der Waals surface area contributed by atoms with Gasteiger partial charge in [0.25, 0.3) is 0 Å². The molecule has 2 aromatic rings. The van der Waals surface area contributed by atoms with Gasteiger partial charge in [0.05, 0.1) is 0 Å². The Bertz CT molecular complexity index is 474. The second-order valence-corrected chi connectivity index (χ2v) is 5.51. The van der Waals surface area contributed by atoms with Gasteiger partial charge in [-0.1, -0.05) is 42.0 Å². The topological polar surface area (TPSA) is 0 Å². The third kappa shape index (κ3) is 3.64. The zero-order chi connectivity index (χ0) is 12.1. The highest BCUT2D eigenvalue weighted by Gasteiger charge is 1.99. The lowest BCUT2D eigenvalue weighted by Crippen LogP contribution is -1.93. The molecule has 0 bridgehead atoms. The Hall–Kier alpha value is -1.21. The standard InChI is InChI=1S/C16H18S/c1-13-8-9-14(2)15(12-13)10-11-17-16-6-4-3-5-7-16/h3-9,12H,10-11H2,1-2H3. The van der Waals surface area contributed by atoms with Gasteiger partial charge in [-0.05, 0) is 43.5 Å². The van der Waals surface area contributed by atoms with Gasteiger partial charge in [0.15, 0.2) is 0 Å². The van der Waals surface area contributed by atoms with Crippen LogP contribution in [0.1, 0.15) is 16.7 Å². The van der Waals surface area contributed by atoms with Gasteiger partial charge < -0.3 is 0 Å². The molecule has 1 heteroatoms. The SMILES string of the molecule is Cc1ccc(C)c(CCSc2ccccc2)c1. The van der Waals surface area contributed by atoms with Gasteiger partial charge in [-0.15, -0.1) is 11.8 Å². The van der Waals surface area contributed by atoms with E-state index in [1.54, 1.807) is 0 Å². The van der Waals surface area contributed by atoms with Crippen molar-refractivity contribution in [3.63, 3.8) is 0 Å². The molecule has 17 heavy (non-hydrogen) atoms. The van der Waals surface area contributed by atoms with E-state index in [9.17, 15) is 0 Å². The van der Waals surface area contributed by atoms with E-state index in [2.05, 4.69) is 62.4 Å². The lowest BCUT2D eigenvalue weighted by molar-refractivity contribution is 1.11. The number of hydrogen-bond acceptors (Lipinski definition) is 1. The van der Waals surface area contributed by atoms with E-state index in [0.29, 0.717) is 0 Å². The molecule has 0 aromatic heterocycles. The Labute approximate surface area is 108 Å². The molecule has 0 N–H and O–H groups in total. The number of hydrogen-bond donors (Lipinski definition) is 0. The van der Waals surface area contributed by atoms with Gasteiger partial charge in [0.2, 0.25) is 0 Å². The quantitative estimate of drug-likeness (QED) is 0.704. The molecule has 0 aliphatic rings. The van der Waals surface area contributed by atoms with Crippen LogP contribution in [-0.2, 0) is 6.42 Å². The molecule has 0 spiro atoms. The van der Waals surface area contributed by atoms with Crippen molar-refractivity contribution in [1.82, 2.24) is 0 Å². The summed E-state index contributed by atoms with van der Waals surface area (Å²) in [7, 11) is 0. The second kappa shape index (κ2) is 5.92. The fourth-order valence-electron chi connectivity index (χ4n) is 1.87. The summed E-state index contributed by atoms with van der Waals surface area (Å²) in [6.45, 7) is 4.36. The number of thioether (sulfide) groups is 1. The minimum atomic E-state index is 1.15. The van der Waals surface area contributed by atoms with Gasteiger partial charge in [-0.25, -0.2) is 0 Å². The van der Waals surface area contributed by atoms with Crippen LogP contribution in [0.15, 0.2) is 53.4 Å². The van der Waals surface area contributed by atoms with E-state index in [1.165, 1.54) is 21.6 Å². The summed E-state index contributed by atoms with van der Waals surface area (Å²) >= 11 is 1.93. The van der Waals surface area contributed by atoms with Crippen molar-refractivity contribution >= 4 is 11.8 Å². The van der Waals surface area contributed by atoms with E-state index >= 15 is 0 Å². The van der Waals surface area contributed by atoms with Crippen molar-refractivity contribution < 1.29 is 0 Å². The zero-order valence-electron chi connectivity index (χ0n) is 10.4. The maximum atomic E-state index is 2.31. The number of rotatable bonds is 4. The number of benzene rings is 2. The molecule has 2 aromatic carbocycles. The van der Waals surface area contributed by atoms with Crippen LogP contribution in [0.25, 0.3) is 0 Å². The summed E-state index contributed by atoms with van der Waals surface area (Å²) in [6, 6.07) is 17.3. The minimum absolute atomic E-state index is 1.15. The van der Waals surface area contributed by atoms with Crippen LogP contribution in [-0.4, -0.2) is 5.75 Å². The molecule has 0 aliphatic carbocycles. The van der Waals surface area contributed by atoms with Gasteiger partial charge in [-0.3, -0.25) is 0 Å². The Balaban J connectivity index is 1.92. The van der Waals surface area contributed by atoms with E-state index in [0.717, 1.165) is 12.2 Å². The van der Waals surface area contributed by atoms with Crippen molar-refractivity contribution in [3.8, 4) is 0 Å². The van der Waals surface area contributed by atoms with E-state index in [1.807, 2.05) is 11.8 Å². The summed E-state index contributed by atoms with van der Waals surface area (Å²) in [4.78, 5) is 1.36. The molecular weight excluding hydrogens is 224 g/mol. The second-order valence-electron chi connectivity index (χ2n) is 4.34. The first kappa shape index (κ1) is 12.3. The summed E-state index contributed by atoms with van der Waals surface area (Å²) in [6.07, 6.45) is 1.15. The lowest BCUT2D eigenvalue weighted by atomic mass is 10.0. The third-order valence-corrected chi connectivity index (χ3v) is 3.90. The van der Waals surface area contributed by atoms with Gasteiger partial charge in [-0.2, -0.15) is 0 Å². The molecular formula is C16H18S. The predicted molar refractivity (Wildman–Crippen MR) is 76.8 cm³/mol. The van der Waals surface area contributed by atoms with Crippen LogP contribution in [0.4, 0.5) is 0 Å². The normalized spacial score (nSPS) is 10.5. The molecule has 0 radical (unpaired) electrons. The van der Waals surface area contributed by atoms with Crippen LogP contribution in [0.3, 0.4) is 0 Å². The summed E-state index contributed by atoms with van der Waals surface area (Å²) in [5.41, 5.74) is 4.24. The van der Waals surface area contributed by atoms with Crippen LogP contribution in [0, 0.1) is 13.8 Å².